The van der Waals surface area contributed by atoms with Gasteiger partial charge in [0.15, 0.2) is 0 Å². The Hall–Kier alpha value is -9.36. The normalized spacial score (nSPS) is 9.42. The standard InChI is InChI=1S/C24H18.C22H22.C16H16.C9H10.C7H8.2C3H8.C2H6.C2H4.CH4/c1-3-9-19(10-4-1)21-13-7-15-23(17-21)24-16-8-14-22(18-24)20-11-5-2-6-12-20;1-15-9-5-7-11-19(15)21-13-14-22(18(4)17(21)3)20-12-8-6-10-16(20)2;1-12(2)14-7-5-9-16(11-14)15-8-4-6-13(3)10-15;1-8(2)9-6-4-3-5-7-9;1-7-5-3-2-4-6-7;2*1-3-2;2*1-2;/h1-18H;5-14H,1-4H3;4-11H,1H2,2-3H3;3-7H,1H2,2H3;2-6H,1H3;2*3H2,1-2H3;1-2H3;1-2H2;1H4. The van der Waals surface area contributed by atoms with E-state index in [-0.39, 0.29) is 7.43 Å². The van der Waals surface area contributed by atoms with Crippen LogP contribution < -0.4 is 0 Å². The number of hydrogen-bond donors (Lipinski definition) is 0. The van der Waals surface area contributed by atoms with Crippen molar-refractivity contribution in [2.45, 2.75) is 117 Å². The molecule has 0 unspecified atom stereocenters. The second kappa shape index (κ2) is 43.3. The van der Waals surface area contributed by atoms with Gasteiger partial charge in [-0.25, -0.2) is 0 Å². The minimum absolute atomic E-state index is 0. The molecule has 0 aliphatic carbocycles. The molecule has 0 bridgehead atoms. The van der Waals surface area contributed by atoms with Crippen molar-refractivity contribution in [2.75, 3.05) is 0 Å². The van der Waals surface area contributed by atoms with Gasteiger partial charge in [0.25, 0.3) is 0 Å². The second-order valence-electron chi connectivity index (χ2n) is 21.4. The van der Waals surface area contributed by atoms with E-state index < -0.39 is 0 Å². The number of rotatable bonds is 8. The predicted molar refractivity (Wildman–Crippen MR) is 404 cm³/mol. The fourth-order valence-corrected chi connectivity index (χ4v) is 9.22. The highest BCUT2D eigenvalue weighted by atomic mass is 14.2. The van der Waals surface area contributed by atoms with Crippen LogP contribution in [-0.4, -0.2) is 0 Å². The van der Waals surface area contributed by atoms with Crippen molar-refractivity contribution < 1.29 is 0 Å². The molecular weight excluding hydrogens is 1070 g/mol. The first kappa shape index (κ1) is 75.7. The monoisotopic (exact) mass is 1170 g/mol. The van der Waals surface area contributed by atoms with Gasteiger partial charge in [-0.15, -0.1) is 13.2 Å². The summed E-state index contributed by atoms with van der Waals surface area (Å²) in [6.45, 7) is 43.4. The van der Waals surface area contributed by atoms with Crippen molar-refractivity contribution in [3.05, 3.63) is 350 Å². The van der Waals surface area contributed by atoms with Crippen LogP contribution in [0.25, 0.3) is 77.9 Å². The van der Waals surface area contributed by atoms with Crippen LogP contribution in [-0.2, 0) is 0 Å². The molecule has 0 aromatic heterocycles. The van der Waals surface area contributed by atoms with E-state index in [9.17, 15) is 0 Å². The highest BCUT2D eigenvalue weighted by molar-refractivity contribution is 5.80. The van der Waals surface area contributed by atoms with E-state index in [0.29, 0.717) is 0 Å². The highest BCUT2D eigenvalue weighted by Crippen LogP contribution is 2.35. The lowest BCUT2D eigenvalue weighted by Crippen LogP contribution is -1.94. The molecule has 0 spiro atoms. The lowest BCUT2D eigenvalue weighted by molar-refractivity contribution is 1.09. The molecule has 0 radical (unpaired) electrons. The molecule has 0 saturated heterocycles. The molecular formula is C89H104. The average Bonchev–Trinajstić information content (AvgIpc) is 1.70. The summed E-state index contributed by atoms with van der Waals surface area (Å²) >= 11 is 0. The lowest BCUT2D eigenvalue weighted by Gasteiger charge is -2.16. The average molecular weight is 1170 g/mol. The van der Waals surface area contributed by atoms with Crippen LogP contribution in [0, 0.1) is 41.5 Å². The van der Waals surface area contributed by atoms with E-state index in [1.165, 1.54) is 124 Å². The van der Waals surface area contributed by atoms with E-state index in [1.54, 1.807) is 0 Å². The zero-order chi connectivity index (χ0) is 64.6. The van der Waals surface area contributed by atoms with E-state index in [4.69, 9.17) is 0 Å². The summed E-state index contributed by atoms with van der Waals surface area (Å²) in [7, 11) is 0. The molecule has 0 atom stereocenters. The topological polar surface area (TPSA) is 0 Å². The Morgan fingerprint density at radius 1 is 0.270 bits per heavy atom. The minimum Gasteiger partial charge on any atom is -0.106 e. The second-order valence-corrected chi connectivity index (χ2v) is 21.4. The van der Waals surface area contributed by atoms with Gasteiger partial charge in [0.05, 0.1) is 0 Å². The van der Waals surface area contributed by atoms with E-state index >= 15 is 0 Å². The van der Waals surface area contributed by atoms with Crippen LogP contribution in [0.5, 0.6) is 0 Å². The van der Waals surface area contributed by atoms with E-state index in [2.05, 4.69) is 338 Å². The van der Waals surface area contributed by atoms with Crippen molar-refractivity contribution in [2.24, 2.45) is 0 Å². The van der Waals surface area contributed by atoms with E-state index in [1.807, 2.05) is 64.1 Å². The molecule has 0 fully saturated rings. The fraction of sp³-hybridized carbons (Fsp3) is 0.191. The summed E-state index contributed by atoms with van der Waals surface area (Å²) in [6.07, 6.45) is 2.50. The Labute approximate surface area is 541 Å². The first-order valence-electron chi connectivity index (χ1n) is 31.3. The zero-order valence-corrected chi connectivity index (χ0v) is 55.8. The molecule has 11 rings (SSSR count). The maximum absolute atomic E-state index is 3.98. The maximum atomic E-state index is 3.98. The summed E-state index contributed by atoms with van der Waals surface area (Å²) in [6, 6.07) is 97.8. The Kier molecular flexibility index (Phi) is 36.8. The zero-order valence-electron chi connectivity index (χ0n) is 55.8. The molecule has 0 nitrogen and oxygen atoms in total. The third-order valence-electron chi connectivity index (χ3n) is 13.8. The van der Waals surface area contributed by atoms with Crippen LogP contribution in [0.1, 0.15) is 120 Å². The van der Waals surface area contributed by atoms with Gasteiger partial charge in [0, 0.05) is 0 Å². The van der Waals surface area contributed by atoms with Gasteiger partial charge >= 0.3 is 0 Å². The summed E-state index contributed by atoms with van der Waals surface area (Å²) < 4.78 is 0. The molecule has 0 amide bonds. The number of allylic oxidation sites excluding steroid dienone is 2. The number of aryl methyl sites for hydroxylation is 4. The molecule has 89 heavy (non-hydrogen) atoms. The van der Waals surface area contributed by atoms with Crippen LogP contribution in [0.4, 0.5) is 0 Å². The van der Waals surface area contributed by atoms with Crippen molar-refractivity contribution >= 4 is 11.1 Å². The van der Waals surface area contributed by atoms with Crippen LogP contribution >= 0.6 is 0 Å². The summed E-state index contributed by atoms with van der Waals surface area (Å²) in [4.78, 5) is 0. The summed E-state index contributed by atoms with van der Waals surface area (Å²) in [5.41, 5.74) is 28.0. The number of hydrogen-bond acceptors (Lipinski definition) is 0. The number of benzene rings is 11. The molecule has 0 N–H and O–H groups in total. The van der Waals surface area contributed by atoms with Crippen molar-refractivity contribution in [1.29, 1.82) is 0 Å². The van der Waals surface area contributed by atoms with Gasteiger partial charge in [-0.1, -0.05) is 358 Å². The third-order valence-corrected chi connectivity index (χ3v) is 13.8. The van der Waals surface area contributed by atoms with Crippen LogP contribution in [0.3, 0.4) is 0 Å². The third kappa shape index (κ3) is 25.9. The largest absolute Gasteiger partial charge is 0.106 e. The summed E-state index contributed by atoms with van der Waals surface area (Å²) in [5.74, 6) is 0. The molecule has 0 saturated carbocycles. The van der Waals surface area contributed by atoms with Gasteiger partial charge in [0.2, 0.25) is 0 Å². The Morgan fingerprint density at radius 2 is 0.528 bits per heavy atom. The van der Waals surface area contributed by atoms with Gasteiger partial charge in [0.1, 0.15) is 0 Å². The molecule has 0 heterocycles. The molecule has 0 aliphatic rings. The van der Waals surface area contributed by atoms with Gasteiger partial charge in [-0.3, -0.25) is 0 Å². The fourth-order valence-electron chi connectivity index (χ4n) is 9.22. The van der Waals surface area contributed by atoms with Crippen molar-refractivity contribution in [3.8, 4) is 66.8 Å². The lowest BCUT2D eigenvalue weighted by atomic mass is 9.88. The molecule has 11 aromatic carbocycles. The van der Waals surface area contributed by atoms with Gasteiger partial charge in [-0.05, 0) is 174 Å². The predicted octanol–water partition coefficient (Wildman–Crippen LogP) is 27.6. The molecule has 0 aliphatic heterocycles. The first-order chi connectivity index (χ1) is 42.7. The highest BCUT2D eigenvalue weighted by Gasteiger charge is 2.12. The molecule has 460 valence electrons. The van der Waals surface area contributed by atoms with Crippen molar-refractivity contribution in [3.63, 3.8) is 0 Å². The summed E-state index contributed by atoms with van der Waals surface area (Å²) in [5, 5.41) is 0. The molecule has 11 aromatic rings. The van der Waals surface area contributed by atoms with Gasteiger partial charge < -0.3 is 0 Å². The van der Waals surface area contributed by atoms with Gasteiger partial charge in [-0.2, -0.15) is 0 Å². The SMILES string of the molecule is C.C=C.C=C(C)c1cccc(-c2cccc(C)c2)c1.C=C(C)c1ccccc1.CC.CCC.CCC.Cc1ccccc1.Cc1ccccc1-c1ccc(-c2ccccc2C)c(C)c1C.c1ccc(-c2cccc(-c3cccc(-c4ccccc4)c3)c2)cc1. The van der Waals surface area contributed by atoms with Crippen molar-refractivity contribution in [1.82, 2.24) is 0 Å². The Bertz CT molecular complexity index is 3560. The minimum atomic E-state index is 0. The maximum Gasteiger partial charge on any atom is -0.0149 e. The van der Waals surface area contributed by atoms with E-state index in [0.717, 1.165) is 11.1 Å². The van der Waals surface area contributed by atoms with Crippen LogP contribution in [0.15, 0.2) is 305 Å². The van der Waals surface area contributed by atoms with Crippen LogP contribution in [0.2, 0.25) is 0 Å². The first-order valence-corrected chi connectivity index (χ1v) is 31.3. The smallest absolute Gasteiger partial charge is 0.0149 e. The Balaban J connectivity index is 0.000000382. The Morgan fingerprint density at radius 3 is 0.854 bits per heavy atom. The molecule has 0 heteroatoms. The quantitative estimate of drug-likeness (QED) is 0.133.